The second kappa shape index (κ2) is 24.2. The summed E-state index contributed by atoms with van der Waals surface area (Å²) in [6, 6.07) is 12.7. The van der Waals surface area contributed by atoms with Gasteiger partial charge in [0.05, 0.1) is 55.3 Å². The van der Waals surface area contributed by atoms with Crippen molar-refractivity contribution in [1.29, 1.82) is 0 Å². The van der Waals surface area contributed by atoms with Crippen molar-refractivity contribution in [1.82, 2.24) is 4.98 Å². The van der Waals surface area contributed by atoms with Crippen LogP contribution in [-0.2, 0) is 36.8 Å². The zero-order chi connectivity index (χ0) is 59.3. The largest absolute Gasteiger partial charge is 0.507 e. The van der Waals surface area contributed by atoms with Gasteiger partial charge >= 0.3 is 11.8 Å². The molecular weight excluding hydrogens is 1080 g/mol. The van der Waals surface area contributed by atoms with Crippen molar-refractivity contribution < 1.29 is 57.9 Å². The number of phenols is 1. The Labute approximate surface area is 487 Å². The molecule has 4 aromatic carbocycles. The number of aliphatic hydroxyl groups excluding tert-OH is 3. The lowest BCUT2D eigenvalue weighted by molar-refractivity contribution is -0.928. The summed E-state index contributed by atoms with van der Waals surface area (Å²) >= 11 is 4.13. The third-order valence-corrected chi connectivity index (χ3v) is 20.9. The lowest BCUT2D eigenvalue weighted by Gasteiger charge is -2.43. The molecule has 4 aliphatic rings. The average Bonchev–Trinajstić information content (AvgIpc) is 3.90. The van der Waals surface area contributed by atoms with Crippen LogP contribution in [-0.4, -0.2) is 128 Å². The molecule has 5 N–H and O–H groups in total. The van der Waals surface area contributed by atoms with E-state index in [1.165, 1.54) is 81.9 Å². The number of allylic oxidation sites excluding steroid dienone is 2. The van der Waals surface area contributed by atoms with Gasteiger partial charge in [-0.1, -0.05) is 77.1 Å². The van der Waals surface area contributed by atoms with Gasteiger partial charge in [0, 0.05) is 126 Å². The molecule has 440 valence electrons. The van der Waals surface area contributed by atoms with E-state index in [2.05, 4.69) is 79.0 Å². The van der Waals surface area contributed by atoms with Gasteiger partial charge in [0.2, 0.25) is 10.9 Å². The number of piperidine rings is 1. The summed E-state index contributed by atoms with van der Waals surface area (Å²) in [7, 11) is 6.01. The van der Waals surface area contributed by atoms with Crippen molar-refractivity contribution in [2.75, 3.05) is 49.6 Å². The van der Waals surface area contributed by atoms with Crippen LogP contribution in [0.4, 0.5) is 11.4 Å². The first-order valence-electron chi connectivity index (χ1n) is 28.4. The lowest BCUT2D eigenvalue weighted by atomic mass is 9.78. The Morgan fingerprint density at radius 3 is 2.27 bits per heavy atom. The number of nitrogens with zero attached hydrogens (tertiary/aromatic N) is 3. The predicted molar refractivity (Wildman–Crippen MR) is 324 cm³/mol. The number of aryl methyl sites for hydroxylation is 1. The number of aliphatic hydroxyl groups is 3. The van der Waals surface area contributed by atoms with Crippen LogP contribution in [0, 0.1) is 30.6 Å². The fourth-order valence-electron chi connectivity index (χ4n) is 12.4. The van der Waals surface area contributed by atoms with Crippen LogP contribution in [0.1, 0.15) is 91.3 Å². The molecule has 4 aliphatic heterocycles. The highest BCUT2D eigenvalue weighted by Gasteiger charge is 2.45. The summed E-state index contributed by atoms with van der Waals surface area (Å²) in [5.74, 6) is -6.97. The number of fused-ring (bicyclic) bond motifs is 2. The maximum absolute atomic E-state index is 15.1. The van der Waals surface area contributed by atoms with E-state index in [0.29, 0.717) is 35.3 Å². The van der Waals surface area contributed by atoms with Gasteiger partial charge in [0.15, 0.2) is 22.4 Å². The first-order chi connectivity index (χ1) is 38.8. The van der Waals surface area contributed by atoms with E-state index in [1.54, 1.807) is 45.9 Å². The number of anilines is 2. The normalized spacial score (nSPS) is 29.4. The minimum absolute atomic E-state index is 0.0413. The predicted octanol–water partition coefficient (Wildman–Crippen LogP) is 8.93. The van der Waals surface area contributed by atoms with Crippen molar-refractivity contribution in [2.24, 2.45) is 23.7 Å². The number of rotatable bonds is 9. The van der Waals surface area contributed by atoms with E-state index >= 15 is 4.79 Å². The third kappa shape index (κ3) is 11.9. The van der Waals surface area contributed by atoms with Crippen molar-refractivity contribution in [3.63, 3.8) is 0 Å². The molecule has 2 fully saturated rings. The molecule has 82 heavy (non-hydrogen) atoms. The summed E-state index contributed by atoms with van der Waals surface area (Å²) < 4.78 is 31.7. The Morgan fingerprint density at radius 1 is 0.915 bits per heavy atom. The number of thioether (sulfide) groups is 2. The Hall–Kier alpha value is -6.09. The lowest BCUT2D eigenvalue weighted by Crippen LogP contribution is -2.53. The smallest absolute Gasteiger partial charge is 0.307 e. The summed E-state index contributed by atoms with van der Waals surface area (Å²) in [6.45, 7) is 17.2. The molecule has 0 aliphatic carbocycles. The molecule has 17 nitrogen and oxygen atoms in total. The Kier molecular flexibility index (Phi) is 17.9. The molecule has 0 saturated carbocycles. The van der Waals surface area contributed by atoms with Crippen molar-refractivity contribution in [3.8, 4) is 11.5 Å². The Bertz CT molecular complexity index is 3540. The molecule has 1 amide bonds. The van der Waals surface area contributed by atoms with Crippen molar-refractivity contribution in [3.05, 3.63) is 115 Å². The quantitative estimate of drug-likeness (QED) is 0.0402. The molecule has 0 spiro atoms. The summed E-state index contributed by atoms with van der Waals surface area (Å²) in [6.07, 6.45) is 7.59. The third-order valence-electron chi connectivity index (χ3n) is 17.7. The molecule has 4 bridgehead atoms. The monoisotopic (exact) mass is 1160 g/mol. The number of carbonyl (C=O) groups is 2. The van der Waals surface area contributed by atoms with Gasteiger partial charge in [-0.3, -0.25) is 19.2 Å². The van der Waals surface area contributed by atoms with Crippen LogP contribution in [0.2, 0.25) is 0 Å². The highest BCUT2D eigenvalue weighted by atomic mass is 32.2. The van der Waals surface area contributed by atoms with E-state index in [4.69, 9.17) is 28.3 Å². The molecular formula is C63H79N4O13S2+. The summed E-state index contributed by atoms with van der Waals surface area (Å²) in [4.78, 5) is 63.3. The molecule has 0 radical (unpaired) electrons. The number of phenolic OH excluding ortho intramolecular Hbond substituents is 1. The SMILES string of the molecule is CO[C@H]1/C=C/O[C@@]2(C)Oc3c(C)c(O)c4c(=O)c(c5oc6cc(N7CCC([N+](C)(C)Cc8ccc(CC[C@@H]9SCSC9C)cc8)CC7)cc(=O)c6nc5c4c3=C2O)NC(=O)/C(C)=C\C=C\[C@H](C)[C@H](O)[C@@H](C)[C@@H](O)[C@@H](C)[C@H](OC(C)=O)[C@@H]1C. The maximum atomic E-state index is 15.1. The number of aromatic hydroxyl groups is 1. The standard InChI is InChI=1S/C63H78N4O13S2/c1-32-14-13-15-33(2)62(75)65-53-57(73)49-48(50-59(37(6)56(49)72)80-63(9,61(50)74)77-27-24-45(76-12)34(3)58(78-39(8)68)36(5)55(71)35(4)54(32)70)52-60(53)79-46-29-42(28-44(69)51(46)64-52)66-25-22-43(23-26-66)67(10,11)30-41-18-16-40(17-19-41)20-21-47-38(7)81-31-82-47/h13-19,24,27-29,32,34-36,38,43,45,47,54-55,58,70-71H,20-23,25-26,30-31H2,1-12H3,(H2-,64,65,69,72,73,74,75)/p+1/b14-13+,27-24+,33-15-/t32-,34+,35+,36+,38?,45-,47-,54-,55+,58+,63-/m0/s1. The van der Waals surface area contributed by atoms with E-state index in [9.17, 15) is 34.8 Å². The van der Waals surface area contributed by atoms with Gasteiger partial charge in [-0.25, -0.2) is 4.98 Å². The number of aromatic nitrogens is 1. The molecule has 2 saturated heterocycles. The highest BCUT2D eigenvalue weighted by Crippen LogP contribution is 2.43. The fourth-order valence-corrected chi connectivity index (χ4v) is 15.6. The van der Waals surface area contributed by atoms with Gasteiger partial charge in [0.1, 0.15) is 35.4 Å². The topological polar surface area (TPSA) is 227 Å². The van der Waals surface area contributed by atoms with Crippen LogP contribution >= 0.6 is 23.5 Å². The first kappa shape index (κ1) is 60.5. The Morgan fingerprint density at radius 2 is 1.61 bits per heavy atom. The molecule has 9 rings (SSSR count). The summed E-state index contributed by atoms with van der Waals surface area (Å²) in [5, 5.41) is 52.4. The van der Waals surface area contributed by atoms with Crippen molar-refractivity contribution >= 4 is 85.5 Å². The summed E-state index contributed by atoms with van der Waals surface area (Å²) in [5.41, 5.74) is 1.33. The number of ether oxygens (including phenoxy) is 4. The van der Waals surface area contributed by atoms with Crippen LogP contribution in [0.25, 0.3) is 38.7 Å². The van der Waals surface area contributed by atoms with Crippen molar-refractivity contribution in [2.45, 2.75) is 141 Å². The number of esters is 1. The van der Waals surface area contributed by atoms with Crippen LogP contribution in [0.3, 0.4) is 0 Å². The second-order valence-electron chi connectivity index (χ2n) is 23.7. The minimum atomic E-state index is -2.00. The number of hydrogen-bond donors (Lipinski definition) is 5. The Balaban J connectivity index is 1.09. The van der Waals surface area contributed by atoms with Gasteiger partial charge < -0.3 is 58.5 Å². The number of methoxy groups -OCH3 is 1. The number of hydrogen-bond acceptors (Lipinski definition) is 17. The zero-order valence-corrected chi connectivity index (χ0v) is 50.6. The molecule has 11 atom stereocenters. The minimum Gasteiger partial charge on any atom is -0.507 e. The van der Waals surface area contributed by atoms with E-state index in [0.717, 1.165) is 30.3 Å². The molecule has 19 heteroatoms. The fraction of sp³-hybridized carbons (Fsp3) is 0.508. The average molecular weight is 1160 g/mol. The second-order valence-corrected chi connectivity index (χ2v) is 26.7. The van der Waals surface area contributed by atoms with Gasteiger partial charge in [-0.2, -0.15) is 0 Å². The maximum Gasteiger partial charge on any atom is 0.307 e. The number of amides is 1. The molecule has 1 unspecified atom stereocenters. The number of benzene rings is 4. The van der Waals surface area contributed by atoms with Crippen LogP contribution in [0.5, 0.6) is 11.5 Å². The van der Waals surface area contributed by atoms with E-state index < -0.39 is 88.1 Å². The number of quaternary nitrogens is 1. The van der Waals surface area contributed by atoms with Crippen LogP contribution < -0.4 is 31.0 Å². The first-order valence-corrected chi connectivity index (χ1v) is 30.5. The van der Waals surface area contributed by atoms with Gasteiger partial charge in [0.25, 0.3) is 5.91 Å². The number of carbonyl (C=O) groups excluding carboxylic acids is 2. The molecule has 5 aromatic rings. The highest BCUT2D eigenvalue weighted by molar-refractivity contribution is 8.19. The van der Waals surface area contributed by atoms with E-state index in [-0.39, 0.29) is 60.8 Å². The van der Waals surface area contributed by atoms with Gasteiger partial charge in [-0.05, 0) is 38.3 Å². The van der Waals surface area contributed by atoms with E-state index in [1.807, 2.05) is 0 Å². The van der Waals surface area contributed by atoms with Gasteiger partial charge in [-0.15, -0.1) is 23.5 Å². The zero-order valence-electron chi connectivity index (χ0n) is 49.0. The van der Waals surface area contributed by atoms with Crippen LogP contribution in [0.15, 0.2) is 86.5 Å². The number of nitrogens with one attached hydrogen (secondary N) is 1. The molecule has 5 heterocycles. The molecule has 1 aromatic heterocycles.